The Balaban J connectivity index is 1.79. The third kappa shape index (κ3) is 3.36. The molecule has 0 aliphatic rings. The number of hydrogen-bond donors (Lipinski definition) is 2. The molecule has 0 spiro atoms. The number of carbonyl (C=O) groups excluding carboxylic acids is 1. The van der Waals surface area contributed by atoms with Crippen molar-refractivity contribution in [1.82, 2.24) is 14.9 Å². The molecule has 0 unspecified atom stereocenters. The second kappa shape index (κ2) is 7.01. The zero-order valence-electron chi connectivity index (χ0n) is 13.5. The van der Waals surface area contributed by atoms with Crippen LogP contribution >= 0.6 is 0 Å². The van der Waals surface area contributed by atoms with E-state index in [1.807, 2.05) is 0 Å². The van der Waals surface area contributed by atoms with Crippen LogP contribution in [0.2, 0.25) is 0 Å². The number of H-pyrrole nitrogens is 1. The highest BCUT2D eigenvalue weighted by atomic mass is 16.6. The molecular weight excluding hydrogens is 340 g/mol. The first-order chi connectivity index (χ1) is 12.5. The lowest BCUT2D eigenvalue weighted by molar-refractivity contribution is -0.385. The summed E-state index contributed by atoms with van der Waals surface area (Å²) in [5.74, 6) is -0.606. The monoisotopic (exact) mass is 354 g/mol. The van der Waals surface area contributed by atoms with E-state index in [1.54, 1.807) is 30.3 Å². The molecule has 0 aliphatic carbocycles. The van der Waals surface area contributed by atoms with Crippen molar-refractivity contribution in [2.24, 2.45) is 0 Å². The number of nitro benzene ring substituents is 1. The lowest BCUT2D eigenvalue weighted by Crippen LogP contribution is -2.40. The lowest BCUT2D eigenvalue weighted by atomic mass is 10.2. The van der Waals surface area contributed by atoms with Crippen molar-refractivity contribution in [3.05, 3.63) is 85.0 Å². The highest BCUT2D eigenvalue weighted by molar-refractivity contribution is 5.78. The van der Waals surface area contributed by atoms with Crippen LogP contribution in [-0.2, 0) is 17.9 Å². The van der Waals surface area contributed by atoms with E-state index in [9.17, 15) is 24.5 Å². The van der Waals surface area contributed by atoms with Gasteiger partial charge in [0.1, 0.15) is 6.54 Å². The summed E-state index contributed by atoms with van der Waals surface area (Å²) >= 11 is 0. The zero-order valence-corrected chi connectivity index (χ0v) is 13.5. The number of benzene rings is 2. The number of aromatic nitrogens is 2. The highest BCUT2D eigenvalue weighted by Gasteiger charge is 2.14. The number of nitrogens with one attached hydrogen (secondary N) is 2. The van der Waals surface area contributed by atoms with Crippen LogP contribution in [0.3, 0.4) is 0 Å². The fourth-order valence-corrected chi connectivity index (χ4v) is 2.57. The molecule has 9 nitrogen and oxygen atoms in total. The topological polar surface area (TPSA) is 127 Å². The Morgan fingerprint density at radius 2 is 1.81 bits per heavy atom. The molecule has 1 amide bonds. The second-order valence-corrected chi connectivity index (χ2v) is 5.53. The van der Waals surface area contributed by atoms with E-state index in [0.717, 1.165) is 4.57 Å². The van der Waals surface area contributed by atoms with E-state index in [0.29, 0.717) is 16.5 Å². The quantitative estimate of drug-likeness (QED) is 0.520. The maximum absolute atomic E-state index is 12.4. The minimum Gasteiger partial charge on any atom is -0.350 e. The van der Waals surface area contributed by atoms with Crippen LogP contribution in [0.25, 0.3) is 10.9 Å². The van der Waals surface area contributed by atoms with Gasteiger partial charge in [0, 0.05) is 18.2 Å². The Hall–Kier alpha value is -3.75. The largest absolute Gasteiger partial charge is 0.350 e. The Labute approximate surface area is 146 Å². The normalized spacial score (nSPS) is 10.6. The second-order valence-electron chi connectivity index (χ2n) is 5.53. The summed E-state index contributed by atoms with van der Waals surface area (Å²) in [5, 5.41) is 13.8. The molecule has 26 heavy (non-hydrogen) atoms. The SMILES string of the molecule is O=C(Cn1c(=O)[nH]c2ccccc2c1=O)NCc1ccccc1[N+](=O)[O-]. The number of nitrogens with zero attached hydrogens (tertiary/aromatic N) is 2. The first kappa shape index (κ1) is 17.1. The molecule has 2 N–H and O–H groups in total. The van der Waals surface area contributed by atoms with E-state index >= 15 is 0 Å². The Kier molecular flexibility index (Phi) is 4.61. The third-order valence-electron chi connectivity index (χ3n) is 3.86. The van der Waals surface area contributed by atoms with Gasteiger partial charge in [-0.1, -0.05) is 30.3 Å². The molecule has 0 saturated heterocycles. The maximum Gasteiger partial charge on any atom is 0.329 e. The maximum atomic E-state index is 12.4. The van der Waals surface area contributed by atoms with Gasteiger partial charge in [0.15, 0.2) is 0 Å². The number of fused-ring (bicyclic) bond motifs is 1. The molecule has 132 valence electrons. The molecule has 1 aromatic heterocycles. The van der Waals surface area contributed by atoms with Gasteiger partial charge in [0.05, 0.1) is 15.8 Å². The molecule has 0 radical (unpaired) electrons. The molecule has 1 heterocycles. The van der Waals surface area contributed by atoms with E-state index in [2.05, 4.69) is 10.3 Å². The van der Waals surface area contributed by atoms with Crippen molar-refractivity contribution in [2.45, 2.75) is 13.1 Å². The van der Waals surface area contributed by atoms with Gasteiger partial charge in [0.2, 0.25) is 5.91 Å². The summed E-state index contributed by atoms with van der Waals surface area (Å²) in [7, 11) is 0. The van der Waals surface area contributed by atoms with Gasteiger partial charge < -0.3 is 10.3 Å². The molecule has 3 aromatic rings. The van der Waals surface area contributed by atoms with Crippen LogP contribution in [0.5, 0.6) is 0 Å². The van der Waals surface area contributed by atoms with Crippen molar-refractivity contribution in [2.75, 3.05) is 0 Å². The van der Waals surface area contributed by atoms with Gasteiger partial charge in [-0.2, -0.15) is 0 Å². The van der Waals surface area contributed by atoms with Crippen LogP contribution in [0, 0.1) is 10.1 Å². The molecule has 2 aromatic carbocycles. The van der Waals surface area contributed by atoms with Gasteiger partial charge >= 0.3 is 5.69 Å². The fraction of sp³-hybridized carbons (Fsp3) is 0.118. The molecule has 0 fully saturated rings. The third-order valence-corrected chi connectivity index (χ3v) is 3.86. The van der Waals surface area contributed by atoms with Crippen LogP contribution in [0.1, 0.15) is 5.56 Å². The van der Waals surface area contributed by atoms with E-state index in [-0.39, 0.29) is 12.2 Å². The molecule has 0 saturated carbocycles. The molecular formula is C17H14N4O5. The molecule has 0 atom stereocenters. The standard InChI is InChI=1S/C17H14N4O5/c22-15(18-9-11-5-1-4-8-14(11)21(25)26)10-20-16(23)12-6-2-3-7-13(12)19-17(20)24/h1-8H,9-10H2,(H,18,22)(H,19,24). The highest BCUT2D eigenvalue weighted by Crippen LogP contribution is 2.16. The molecule has 9 heteroatoms. The first-order valence-electron chi connectivity index (χ1n) is 7.68. The number of para-hydroxylation sites is 2. The average Bonchev–Trinajstić information content (AvgIpc) is 2.63. The van der Waals surface area contributed by atoms with Gasteiger partial charge in [-0.3, -0.25) is 24.3 Å². The zero-order chi connectivity index (χ0) is 18.7. The predicted octanol–water partition coefficient (Wildman–Crippen LogP) is 0.914. The average molecular weight is 354 g/mol. The number of rotatable bonds is 5. The van der Waals surface area contributed by atoms with Crippen molar-refractivity contribution in [1.29, 1.82) is 0 Å². The number of carbonyl (C=O) groups is 1. The van der Waals surface area contributed by atoms with E-state index < -0.39 is 28.6 Å². The van der Waals surface area contributed by atoms with Crippen molar-refractivity contribution < 1.29 is 9.72 Å². The van der Waals surface area contributed by atoms with Crippen molar-refractivity contribution >= 4 is 22.5 Å². The molecule has 3 rings (SSSR count). The minimum atomic E-state index is -0.699. The van der Waals surface area contributed by atoms with Gasteiger partial charge in [-0.25, -0.2) is 4.79 Å². The minimum absolute atomic E-state index is 0.0871. The van der Waals surface area contributed by atoms with Crippen LogP contribution in [0.4, 0.5) is 5.69 Å². The summed E-state index contributed by atoms with van der Waals surface area (Å²) in [5.41, 5.74) is -0.682. The van der Waals surface area contributed by atoms with Gasteiger partial charge in [0.25, 0.3) is 11.2 Å². The summed E-state index contributed by atoms with van der Waals surface area (Å²) < 4.78 is 0.789. The first-order valence-corrected chi connectivity index (χ1v) is 7.68. The van der Waals surface area contributed by atoms with Gasteiger partial charge in [-0.05, 0) is 12.1 Å². The van der Waals surface area contributed by atoms with Crippen molar-refractivity contribution in [3.63, 3.8) is 0 Å². The summed E-state index contributed by atoms with van der Waals surface area (Å²) in [4.78, 5) is 49.5. The van der Waals surface area contributed by atoms with Crippen molar-refractivity contribution in [3.8, 4) is 0 Å². The lowest BCUT2D eigenvalue weighted by Gasteiger charge is -2.08. The number of aromatic amines is 1. The fourth-order valence-electron chi connectivity index (χ4n) is 2.57. The predicted molar refractivity (Wildman–Crippen MR) is 93.8 cm³/mol. The van der Waals surface area contributed by atoms with E-state index in [1.165, 1.54) is 18.2 Å². The number of amides is 1. The van der Waals surface area contributed by atoms with Crippen LogP contribution in [0.15, 0.2) is 58.1 Å². The Bertz CT molecular complexity index is 1120. The Morgan fingerprint density at radius 3 is 2.58 bits per heavy atom. The number of nitro groups is 1. The van der Waals surface area contributed by atoms with E-state index in [4.69, 9.17) is 0 Å². The summed E-state index contributed by atoms with van der Waals surface area (Å²) in [6.45, 7) is -0.574. The summed E-state index contributed by atoms with van der Waals surface area (Å²) in [6.07, 6.45) is 0. The molecule has 0 bridgehead atoms. The van der Waals surface area contributed by atoms with Gasteiger partial charge in [-0.15, -0.1) is 0 Å². The number of hydrogen-bond acceptors (Lipinski definition) is 5. The Morgan fingerprint density at radius 1 is 1.12 bits per heavy atom. The molecule has 0 aliphatic heterocycles. The van der Waals surface area contributed by atoms with Crippen LogP contribution < -0.4 is 16.6 Å². The van der Waals surface area contributed by atoms with Crippen LogP contribution in [-0.4, -0.2) is 20.4 Å². The summed E-state index contributed by atoms with van der Waals surface area (Å²) in [6, 6.07) is 12.5. The smallest absolute Gasteiger partial charge is 0.329 e.